The van der Waals surface area contributed by atoms with Gasteiger partial charge in [0, 0.05) is 5.41 Å². The molecule has 0 spiro atoms. The number of para-hydroxylation sites is 3. The molecule has 11 heteroatoms. The molecule has 228 valence electrons. The van der Waals surface area contributed by atoms with E-state index in [9.17, 15) is 24.2 Å². The highest BCUT2D eigenvalue weighted by Gasteiger charge is 2.42. The van der Waals surface area contributed by atoms with Crippen LogP contribution < -0.4 is 13.6 Å². The summed E-state index contributed by atoms with van der Waals surface area (Å²) in [7, 11) is -9.38. The fraction of sp³-hybridized carbons (Fsp3) is 0.0909. The zero-order valence-electron chi connectivity index (χ0n) is 24.0. The molecule has 5 aromatic carbocycles. The van der Waals surface area contributed by atoms with E-state index in [0.29, 0.717) is 0 Å². The van der Waals surface area contributed by atoms with Gasteiger partial charge in [-0.25, -0.2) is 9.13 Å². The molecule has 0 amide bonds. The van der Waals surface area contributed by atoms with Crippen LogP contribution in [-0.2, 0) is 18.9 Å². The molecular weight excluding hydrogens is 602 g/mol. The number of phenolic OH excluding ortho intramolecular Hbond substituents is 2. The third kappa shape index (κ3) is 9.49. The SMILES string of the molecule is CC(C)(c1ccc(O)cc1)c1ccc(O)cc1.O=P(O)(Oc1ccccc1)OP(=O)(Oc1ccccc1)Oc1ccccc1. The van der Waals surface area contributed by atoms with Crippen LogP contribution in [0.25, 0.3) is 0 Å². The van der Waals surface area contributed by atoms with Crippen molar-refractivity contribution in [1.82, 2.24) is 0 Å². The maximum atomic E-state index is 13.1. The zero-order chi connectivity index (χ0) is 31.6. The van der Waals surface area contributed by atoms with Crippen molar-refractivity contribution in [3.8, 4) is 28.7 Å². The molecule has 5 rings (SSSR count). The maximum Gasteiger partial charge on any atom is 0.597 e. The van der Waals surface area contributed by atoms with Crippen LogP contribution >= 0.6 is 15.6 Å². The van der Waals surface area contributed by atoms with E-state index < -0.39 is 15.6 Å². The zero-order valence-corrected chi connectivity index (χ0v) is 25.8. The number of benzene rings is 5. The first kappa shape index (κ1) is 32.4. The molecule has 0 fully saturated rings. The second-order valence-electron chi connectivity index (χ2n) is 9.93. The van der Waals surface area contributed by atoms with Crippen molar-refractivity contribution in [2.24, 2.45) is 0 Å². The molecule has 0 aliphatic heterocycles. The Bertz CT molecular complexity index is 1600. The van der Waals surface area contributed by atoms with Crippen molar-refractivity contribution >= 4 is 15.6 Å². The van der Waals surface area contributed by atoms with Crippen molar-refractivity contribution in [1.29, 1.82) is 0 Å². The van der Waals surface area contributed by atoms with Crippen molar-refractivity contribution < 1.29 is 42.1 Å². The Morgan fingerprint density at radius 3 is 1.16 bits per heavy atom. The van der Waals surface area contributed by atoms with Crippen LogP contribution in [0.15, 0.2) is 140 Å². The summed E-state index contributed by atoms with van der Waals surface area (Å²) in [6.07, 6.45) is 0. The van der Waals surface area contributed by atoms with Gasteiger partial charge >= 0.3 is 15.6 Å². The van der Waals surface area contributed by atoms with Crippen LogP contribution in [-0.4, -0.2) is 15.1 Å². The molecule has 5 aromatic rings. The van der Waals surface area contributed by atoms with E-state index in [1.165, 1.54) is 36.4 Å². The standard InChI is InChI=1S/C18H16O7P2.C15H16O2/c19-26(20,22-16-10-4-1-5-11-16)25-27(21,23-17-12-6-2-7-13-17)24-18-14-8-3-9-15-18;1-15(2,11-3-7-13(16)8-4-11)12-5-9-14(17)10-6-12/h1-15H,(H,19,20);3-10,16-17H,1-2H3. The number of hydrogen-bond donors (Lipinski definition) is 3. The Hall–Kier alpha value is -4.52. The van der Waals surface area contributed by atoms with E-state index >= 15 is 0 Å². The fourth-order valence-corrected chi connectivity index (χ4v) is 6.55. The van der Waals surface area contributed by atoms with Gasteiger partial charge in [-0.15, -0.1) is 0 Å². The molecule has 0 saturated carbocycles. The number of hydrogen-bond acceptors (Lipinski definition) is 8. The highest BCUT2D eigenvalue weighted by atomic mass is 31.3. The van der Waals surface area contributed by atoms with Gasteiger partial charge in [0.25, 0.3) is 0 Å². The van der Waals surface area contributed by atoms with Gasteiger partial charge in [0.1, 0.15) is 28.7 Å². The third-order valence-electron chi connectivity index (χ3n) is 6.27. The van der Waals surface area contributed by atoms with Crippen molar-refractivity contribution in [2.45, 2.75) is 19.3 Å². The molecule has 1 unspecified atom stereocenters. The lowest BCUT2D eigenvalue weighted by Gasteiger charge is -2.26. The van der Waals surface area contributed by atoms with E-state index in [-0.39, 0.29) is 34.2 Å². The molecule has 3 N–H and O–H groups in total. The lowest BCUT2D eigenvalue weighted by molar-refractivity contribution is 0.238. The normalized spacial score (nSPS) is 12.6. The molecule has 0 radical (unpaired) electrons. The van der Waals surface area contributed by atoms with Gasteiger partial charge in [0.2, 0.25) is 0 Å². The number of rotatable bonds is 10. The van der Waals surface area contributed by atoms with Gasteiger partial charge in [-0.3, -0.25) is 4.89 Å². The molecular formula is C33H32O9P2. The second-order valence-corrected chi connectivity index (χ2v) is 13.0. The minimum absolute atomic E-state index is 0.0642. The van der Waals surface area contributed by atoms with E-state index in [4.69, 9.17) is 17.9 Å². The summed E-state index contributed by atoms with van der Waals surface area (Å²) in [5.41, 5.74) is 2.10. The lowest BCUT2D eigenvalue weighted by Crippen LogP contribution is -2.18. The summed E-state index contributed by atoms with van der Waals surface area (Å²) in [5.74, 6) is 0.882. The first-order chi connectivity index (χ1) is 20.9. The largest absolute Gasteiger partial charge is 0.597 e. The number of phosphoric acid groups is 2. The summed E-state index contributed by atoms with van der Waals surface area (Å²) in [6, 6.07) is 38.3. The second kappa shape index (κ2) is 14.3. The summed E-state index contributed by atoms with van der Waals surface area (Å²) < 4.78 is 45.8. The smallest absolute Gasteiger partial charge is 0.508 e. The summed E-state index contributed by atoms with van der Waals surface area (Å²) >= 11 is 0. The minimum atomic E-state index is -4.82. The van der Waals surface area contributed by atoms with Gasteiger partial charge in [-0.2, -0.15) is 4.31 Å². The molecule has 44 heavy (non-hydrogen) atoms. The Morgan fingerprint density at radius 1 is 0.500 bits per heavy atom. The first-order valence-electron chi connectivity index (χ1n) is 13.4. The van der Waals surface area contributed by atoms with Gasteiger partial charge in [0.05, 0.1) is 0 Å². The monoisotopic (exact) mass is 634 g/mol. The quantitative estimate of drug-likeness (QED) is 0.129. The molecule has 0 saturated heterocycles. The summed E-state index contributed by atoms with van der Waals surface area (Å²) in [4.78, 5) is 10.0. The average molecular weight is 635 g/mol. The van der Waals surface area contributed by atoms with Gasteiger partial charge in [-0.05, 0) is 71.8 Å². The fourth-order valence-electron chi connectivity index (χ4n) is 3.95. The molecule has 9 nitrogen and oxygen atoms in total. The summed E-state index contributed by atoms with van der Waals surface area (Å²) in [6.45, 7) is 4.23. The molecule has 0 bridgehead atoms. The predicted octanol–water partition coefficient (Wildman–Crippen LogP) is 8.87. The first-order valence-corrected chi connectivity index (χ1v) is 16.4. The van der Waals surface area contributed by atoms with Crippen LogP contribution in [0.1, 0.15) is 25.0 Å². The molecule has 0 heterocycles. The highest BCUT2D eigenvalue weighted by molar-refractivity contribution is 7.62. The van der Waals surface area contributed by atoms with Crippen LogP contribution in [0.3, 0.4) is 0 Å². The number of phosphoric ester groups is 2. The van der Waals surface area contributed by atoms with E-state index in [0.717, 1.165) is 11.1 Å². The van der Waals surface area contributed by atoms with E-state index in [2.05, 4.69) is 13.8 Å². The van der Waals surface area contributed by atoms with Crippen molar-refractivity contribution in [3.05, 3.63) is 151 Å². The molecule has 0 aliphatic rings. The average Bonchev–Trinajstić information content (AvgIpc) is 2.99. The van der Waals surface area contributed by atoms with Crippen LogP contribution in [0, 0.1) is 0 Å². The van der Waals surface area contributed by atoms with Gasteiger partial charge < -0.3 is 23.8 Å². The van der Waals surface area contributed by atoms with Gasteiger partial charge in [-0.1, -0.05) is 92.7 Å². The highest BCUT2D eigenvalue weighted by Crippen LogP contribution is 2.62. The van der Waals surface area contributed by atoms with Crippen molar-refractivity contribution in [2.75, 3.05) is 0 Å². The Kier molecular flexibility index (Phi) is 10.5. The van der Waals surface area contributed by atoms with E-state index in [1.54, 1.807) is 78.9 Å². The Morgan fingerprint density at radius 2 is 0.818 bits per heavy atom. The number of phenols is 2. The molecule has 0 aromatic heterocycles. The number of aromatic hydroxyl groups is 2. The van der Waals surface area contributed by atoms with Gasteiger partial charge in [0.15, 0.2) is 0 Å². The predicted molar refractivity (Wildman–Crippen MR) is 168 cm³/mol. The minimum Gasteiger partial charge on any atom is -0.508 e. The Labute approximate surface area is 256 Å². The maximum absolute atomic E-state index is 13.1. The van der Waals surface area contributed by atoms with Crippen LogP contribution in [0.5, 0.6) is 28.7 Å². The third-order valence-corrected chi connectivity index (χ3v) is 9.20. The van der Waals surface area contributed by atoms with Crippen LogP contribution in [0.2, 0.25) is 0 Å². The topological polar surface area (TPSA) is 132 Å². The molecule has 0 aliphatic carbocycles. The lowest BCUT2D eigenvalue weighted by atomic mass is 9.78. The van der Waals surface area contributed by atoms with E-state index in [1.807, 2.05) is 24.3 Å². The molecule has 1 atom stereocenters. The summed E-state index contributed by atoms with van der Waals surface area (Å²) in [5, 5.41) is 18.6. The van der Waals surface area contributed by atoms with Crippen LogP contribution in [0.4, 0.5) is 0 Å². The Balaban J connectivity index is 0.000000223. The van der Waals surface area contributed by atoms with Crippen molar-refractivity contribution in [3.63, 3.8) is 0 Å².